The second-order valence-corrected chi connectivity index (χ2v) is 3.93. The van der Waals surface area contributed by atoms with Crippen molar-refractivity contribution in [2.75, 3.05) is 21.3 Å². The van der Waals surface area contributed by atoms with Crippen molar-refractivity contribution in [1.82, 2.24) is 5.32 Å². The summed E-state index contributed by atoms with van der Waals surface area (Å²) in [6, 6.07) is 2.92. The summed E-state index contributed by atoms with van der Waals surface area (Å²) >= 11 is 0. The number of nitrogens with one attached hydrogen (secondary N) is 1. The van der Waals surface area contributed by atoms with Crippen molar-refractivity contribution in [3.63, 3.8) is 0 Å². The highest BCUT2D eigenvalue weighted by Gasteiger charge is 2.17. The molecule has 0 aliphatic heterocycles. The number of benzene rings is 1. The van der Waals surface area contributed by atoms with E-state index in [9.17, 15) is 4.79 Å². The summed E-state index contributed by atoms with van der Waals surface area (Å²) in [5, 5.41) is 11.7. The smallest absolute Gasteiger partial charge is 0.320 e. The van der Waals surface area contributed by atoms with Crippen LogP contribution in [0.5, 0.6) is 17.2 Å². The summed E-state index contributed by atoms with van der Waals surface area (Å²) in [7, 11) is 4.60. The molecule has 1 aromatic rings. The van der Waals surface area contributed by atoms with Gasteiger partial charge in [-0.15, -0.1) is 0 Å². The standard InChI is InChI=1S/C13H19NO5/c1-8(13(15)16)14-7-9-5-6-10(17-2)12(19-4)11(9)18-3/h5-6,8,14H,7H2,1-4H3,(H,15,16). The maximum absolute atomic E-state index is 10.8. The molecule has 19 heavy (non-hydrogen) atoms. The zero-order chi connectivity index (χ0) is 14.4. The summed E-state index contributed by atoms with van der Waals surface area (Å²) in [4.78, 5) is 10.8. The zero-order valence-corrected chi connectivity index (χ0v) is 11.5. The van der Waals surface area contributed by atoms with Gasteiger partial charge in [0.1, 0.15) is 6.04 Å². The van der Waals surface area contributed by atoms with Crippen LogP contribution >= 0.6 is 0 Å². The fourth-order valence-electron chi connectivity index (χ4n) is 1.65. The quantitative estimate of drug-likeness (QED) is 0.776. The number of hydrogen-bond donors (Lipinski definition) is 2. The molecule has 0 aliphatic carbocycles. The summed E-state index contributed by atoms with van der Waals surface area (Å²) < 4.78 is 15.7. The third-order valence-electron chi connectivity index (χ3n) is 2.75. The number of carboxylic acids is 1. The molecular formula is C13H19NO5. The third kappa shape index (κ3) is 3.51. The van der Waals surface area contributed by atoms with Gasteiger partial charge in [0.05, 0.1) is 21.3 Å². The van der Waals surface area contributed by atoms with Crippen molar-refractivity contribution in [2.24, 2.45) is 0 Å². The van der Waals surface area contributed by atoms with E-state index in [-0.39, 0.29) is 0 Å². The predicted molar refractivity (Wildman–Crippen MR) is 70.0 cm³/mol. The average molecular weight is 269 g/mol. The first-order chi connectivity index (χ1) is 9.04. The van der Waals surface area contributed by atoms with Crippen LogP contribution < -0.4 is 19.5 Å². The molecule has 0 amide bonds. The zero-order valence-electron chi connectivity index (χ0n) is 11.5. The molecule has 0 spiro atoms. The monoisotopic (exact) mass is 269 g/mol. The van der Waals surface area contributed by atoms with E-state index in [0.717, 1.165) is 5.56 Å². The number of hydrogen-bond acceptors (Lipinski definition) is 5. The van der Waals surface area contributed by atoms with Gasteiger partial charge in [0, 0.05) is 12.1 Å². The van der Waals surface area contributed by atoms with Crippen molar-refractivity contribution >= 4 is 5.97 Å². The first kappa shape index (κ1) is 15.1. The molecule has 0 heterocycles. The normalized spacial score (nSPS) is 11.8. The van der Waals surface area contributed by atoms with E-state index >= 15 is 0 Å². The van der Waals surface area contributed by atoms with E-state index in [4.69, 9.17) is 19.3 Å². The number of rotatable bonds is 7. The van der Waals surface area contributed by atoms with E-state index in [2.05, 4.69) is 5.32 Å². The van der Waals surface area contributed by atoms with Crippen molar-refractivity contribution in [1.29, 1.82) is 0 Å². The molecule has 0 radical (unpaired) electrons. The Balaban J connectivity index is 2.98. The highest BCUT2D eigenvalue weighted by molar-refractivity contribution is 5.72. The number of ether oxygens (including phenoxy) is 3. The Hall–Kier alpha value is -1.95. The Morgan fingerprint density at radius 2 is 1.84 bits per heavy atom. The molecule has 0 saturated carbocycles. The van der Waals surface area contributed by atoms with Gasteiger partial charge in [-0.25, -0.2) is 0 Å². The lowest BCUT2D eigenvalue weighted by atomic mass is 10.1. The highest BCUT2D eigenvalue weighted by Crippen LogP contribution is 2.39. The lowest BCUT2D eigenvalue weighted by molar-refractivity contribution is -0.139. The van der Waals surface area contributed by atoms with E-state index in [1.807, 2.05) is 6.07 Å². The van der Waals surface area contributed by atoms with Crippen LogP contribution in [0, 0.1) is 0 Å². The molecule has 1 rings (SSSR count). The van der Waals surface area contributed by atoms with E-state index in [1.54, 1.807) is 20.1 Å². The summed E-state index contributed by atoms with van der Waals surface area (Å²) in [5.74, 6) is 0.688. The second-order valence-electron chi connectivity index (χ2n) is 3.93. The maximum Gasteiger partial charge on any atom is 0.320 e. The van der Waals surface area contributed by atoms with Crippen molar-refractivity contribution in [2.45, 2.75) is 19.5 Å². The molecule has 0 fully saturated rings. The van der Waals surface area contributed by atoms with E-state index < -0.39 is 12.0 Å². The van der Waals surface area contributed by atoms with Gasteiger partial charge < -0.3 is 24.6 Å². The highest BCUT2D eigenvalue weighted by atomic mass is 16.5. The van der Waals surface area contributed by atoms with Crippen LogP contribution in [-0.4, -0.2) is 38.4 Å². The topological polar surface area (TPSA) is 77.0 Å². The molecule has 0 aliphatic rings. The van der Waals surface area contributed by atoms with Crippen LogP contribution in [0.25, 0.3) is 0 Å². The Morgan fingerprint density at radius 1 is 1.21 bits per heavy atom. The maximum atomic E-state index is 10.8. The molecule has 6 heteroatoms. The van der Waals surface area contributed by atoms with E-state index in [0.29, 0.717) is 23.8 Å². The molecule has 1 unspecified atom stereocenters. The number of carboxylic acid groups (broad SMARTS) is 1. The van der Waals surface area contributed by atoms with E-state index in [1.165, 1.54) is 14.2 Å². The van der Waals surface area contributed by atoms with Gasteiger partial charge in [0.2, 0.25) is 5.75 Å². The van der Waals surface area contributed by atoms with Gasteiger partial charge in [-0.2, -0.15) is 0 Å². The summed E-state index contributed by atoms with van der Waals surface area (Å²) in [6.45, 7) is 1.94. The van der Waals surface area contributed by atoms with Crippen LogP contribution in [-0.2, 0) is 11.3 Å². The Kier molecular flexibility index (Phi) is 5.44. The lowest BCUT2D eigenvalue weighted by Gasteiger charge is -2.17. The molecular weight excluding hydrogens is 250 g/mol. The fraction of sp³-hybridized carbons (Fsp3) is 0.462. The van der Waals surface area contributed by atoms with Gasteiger partial charge >= 0.3 is 5.97 Å². The molecule has 1 aromatic carbocycles. The Bertz CT molecular complexity index is 447. The molecule has 106 valence electrons. The van der Waals surface area contributed by atoms with Gasteiger partial charge in [-0.1, -0.05) is 6.07 Å². The molecule has 0 bridgehead atoms. The van der Waals surface area contributed by atoms with Crippen LogP contribution in [0.3, 0.4) is 0 Å². The van der Waals surface area contributed by atoms with Gasteiger partial charge in [-0.05, 0) is 13.0 Å². The van der Waals surface area contributed by atoms with Crippen LogP contribution in [0.15, 0.2) is 12.1 Å². The summed E-state index contributed by atoms with van der Waals surface area (Å²) in [5.41, 5.74) is 0.799. The van der Waals surface area contributed by atoms with Crippen LogP contribution in [0.4, 0.5) is 0 Å². The predicted octanol–water partition coefficient (Wildman–Crippen LogP) is 1.28. The Morgan fingerprint density at radius 3 is 2.32 bits per heavy atom. The average Bonchev–Trinajstić information content (AvgIpc) is 2.42. The molecule has 0 aromatic heterocycles. The van der Waals surface area contributed by atoms with Crippen LogP contribution in [0.1, 0.15) is 12.5 Å². The van der Waals surface area contributed by atoms with Gasteiger partial charge in [0.15, 0.2) is 11.5 Å². The first-order valence-corrected chi connectivity index (χ1v) is 5.79. The van der Waals surface area contributed by atoms with Crippen molar-refractivity contribution in [3.8, 4) is 17.2 Å². The SMILES string of the molecule is COc1ccc(CNC(C)C(=O)O)c(OC)c1OC. The Labute approximate surface area is 112 Å². The van der Waals surface area contributed by atoms with Crippen LogP contribution in [0.2, 0.25) is 0 Å². The van der Waals surface area contributed by atoms with Gasteiger partial charge in [0.25, 0.3) is 0 Å². The largest absolute Gasteiger partial charge is 0.493 e. The van der Waals surface area contributed by atoms with Crippen molar-refractivity contribution in [3.05, 3.63) is 17.7 Å². The van der Waals surface area contributed by atoms with Crippen molar-refractivity contribution < 1.29 is 24.1 Å². The first-order valence-electron chi connectivity index (χ1n) is 5.79. The molecule has 6 nitrogen and oxygen atoms in total. The minimum atomic E-state index is -0.903. The molecule has 2 N–H and O–H groups in total. The molecule has 1 atom stereocenters. The number of carbonyl (C=O) groups is 1. The molecule has 0 saturated heterocycles. The number of methoxy groups -OCH3 is 3. The van der Waals surface area contributed by atoms with Gasteiger partial charge in [-0.3, -0.25) is 4.79 Å². The fourth-order valence-corrected chi connectivity index (χ4v) is 1.65. The second kappa shape index (κ2) is 6.84. The number of aliphatic carboxylic acids is 1. The third-order valence-corrected chi connectivity index (χ3v) is 2.75. The minimum absolute atomic E-state index is 0.358. The summed E-state index contributed by atoms with van der Waals surface area (Å²) in [6.07, 6.45) is 0. The lowest BCUT2D eigenvalue weighted by Crippen LogP contribution is -2.33. The minimum Gasteiger partial charge on any atom is -0.493 e.